The number of carboxylic acid groups (broad SMARTS) is 1. The maximum Gasteiger partial charge on any atom is 0.411 e. The van der Waals surface area contributed by atoms with Crippen LogP contribution in [0.4, 0.5) is 9.59 Å². The van der Waals surface area contributed by atoms with Crippen molar-refractivity contribution in [1.82, 2.24) is 10.2 Å². The average Bonchev–Trinajstić information content (AvgIpc) is 2.81. The Labute approximate surface area is 249 Å². The molecule has 0 spiro atoms. The van der Waals surface area contributed by atoms with Gasteiger partial charge in [-0.25, -0.2) is 19.2 Å². The highest BCUT2D eigenvalue weighted by Gasteiger charge is 2.58. The summed E-state index contributed by atoms with van der Waals surface area (Å²) < 4.78 is 16.3. The van der Waals surface area contributed by atoms with Crippen molar-refractivity contribution in [3.63, 3.8) is 0 Å². The number of hydrogen-bond acceptors (Lipinski definition) is 8. The standard InChI is InChI=1S/C29H47N3O9Si/c1-27(2,3)29(24(35)36,17-22(30)33)32(26(38)41-28(4,5)6)18-21(23(34)39-15-16-42(7,8)9)31-25(37)40-19-20-13-11-10-12-14-20/h10-14,21H,15-19H2,1-9H3,(H2,30,33)(H,31,37)(H,35,36)/t21-,29+/m1/s1. The first kappa shape index (κ1) is 36.4. The summed E-state index contributed by atoms with van der Waals surface area (Å²) in [6.07, 6.45) is -2.91. The van der Waals surface area contributed by atoms with Gasteiger partial charge in [0.25, 0.3) is 0 Å². The molecule has 2 atom stereocenters. The highest BCUT2D eigenvalue weighted by atomic mass is 28.3. The van der Waals surface area contributed by atoms with Crippen molar-refractivity contribution < 1.29 is 43.3 Å². The third kappa shape index (κ3) is 11.3. The van der Waals surface area contributed by atoms with Gasteiger partial charge < -0.3 is 30.4 Å². The number of nitrogens with two attached hydrogens (primary N) is 1. The molecule has 0 radical (unpaired) electrons. The van der Waals surface area contributed by atoms with Crippen LogP contribution in [0.3, 0.4) is 0 Å². The Balaban J connectivity index is 3.57. The fourth-order valence-corrected chi connectivity index (χ4v) is 4.77. The number of aliphatic carboxylic acids is 1. The van der Waals surface area contributed by atoms with E-state index in [0.717, 1.165) is 4.90 Å². The van der Waals surface area contributed by atoms with Gasteiger partial charge in [0.2, 0.25) is 5.91 Å². The number of alkyl carbamates (subject to hydrolysis) is 1. The third-order valence-corrected chi connectivity index (χ3v) is 8.05. The lowest BCUT2D eigenvalue weighted by Crippen LogP contribution is -2.68. The van der Waals surface area contributed by atoms with Gasteiger partial charge in [-0.2, -0.15) is 0 Å². The fourth-order valence-electron chi connectivity index (χ4n) is 4.06. The van der Waals surface area contributed by atoms with E-state index >= 15 is 0 Å². The highest BCUT2D eigenvalue weighted by Crippen LogP contribution is 2.40. The number of esters is 1. The molecule has 236 valence electrons. The second-order valence-corrected chi connectivity index (χ2v) is 19.0. The van der Waals surface area contributed by atoms with Crippen molar-refractivity contribution in [3.8, 4) is 0 Å². The van der Waals surface area contributed by atoms with Crippen LogP contribution in [0, 0.1) is 5.41 Å². The van der Waals surface area contributed by atoms with Crippen LogP contribution in [-0.2, 0) is 35.2 Å². The van der Waals surface area contributed by atoms with Crippen LogP contribution in [-0.4, -0.2) is 78.4 Å². The van der Waals surface area contributed by atoms with Crippen molar-refractivity contribution in [1.29, 1.82) is 0 Å². The predicted molar refractivity (Wildman–Crippen MR) is 159 cm³/mol. The zero-order chi connectivity index (χ0) is 32.5. The van der Waals surface area contributed by atoms with Crippen molar-refractivity contribution in [2.45, 2.75) is 97.4 Å². The molecular formula is C29H47N3O9Si. The minimum Gasteiger partial charge on any atom is -0.479 e. The molecule has 0 aliphatic carbocycles. The molecule has 0 saturated carbocycles. The molecule has 13 heteroatoms. The Morgan fingerprint density at radius 3 is 2.00 bits per heavy atom. The number of carboxylic acids is 1. The minimum absolute atomic E-state index is 0.0584. The topological polar surface area (TPSA) is 175 Å². The highest BCUT2D eigenvalue weighted by molar-refractivity contribution is 6.76. The van der Waals surface area contributed by atoms with Crippen LogP contribution >= 0.6 is 0 Å². The number of hydrogen-bond donors (Lipinski definition) is 3. The van der Waals surface area contributed by atoms with E-state index in [4.69, 9.17) is 19.9 Å². The lowest BCUT2D eigenvalue weighted by atomic mass is 9.69. The summed E-state index contributed by atoms with van der Waals surface area (Å²) in [6, 6.07) is 7.88. The van der Waals surface area contributed by atoms with Crippen LogP contribution in [0.15, 0.2) is 30.3 Å². The summed E-state index contributed by atoms with van der Waals surface area (Å²) in [5.74, 6) is -3.45. The first-order valence-electron chi connectivity index (χ1n) is 13.8. The van der Waals surface area contributed by atoms with Gasteiger partial charge in [-0.05, 0) is 37.8 Å². The molecule has 12 nitrogen and oxygen atoms in total. The summed E-state index contributed by atoms with van der Waals surface area (Å²) >= 11 is 0. The number of nitrogens with one attached hydrogen (secondary N) is 1. The molecule has 0 aromatic heterocycles. The smallest absolute Gasteiger partial charge is 0.411 e. The van der Waals surface area contributed by atoms with E-state index in [0.29, 0.717) is 11.6 Å². The maximum absolute atomic E-state index is 13.6. The van der Waals surface area contributed by atoms with E-state index in [1.165, 1.54) is 20.8 Å². The molecule has 1 aromatic carbocycles. The van der Waals surface area contributed by atoms with Gasteiger partial charge in [-0.3, -0.25) is 9.69 Å². The Morgan fingerprint density at radius 2 is 1.55 bits per heavy atom. The Bertz CT molecular complexity index is 1110. The van der Waals surface area contributed by atoms with Crippen LogP contribution < -0.4 is 11.1 Å². The van der Waals surface area contributed by atoms with Gasteiger partial charge >= 0.3 is 24.1 Å². The minimum atomic E-state index is -2.27. The molecule has 0 unspecified atom stereocenters. The van der Waals surface area contributed by atoms with Gasteiger partial charge in [0.15, 0.2) is 5.54 Å². The second kappa shape index (κ2) is 14.5. The average molecular weight is 610 g/mol. The van der Waals surface area contributed by atoms with Crippen LogP contribution in [0.5, 0.6) is 0 Å². The largest absolute Gasteiger partial charge is 0.479 e. The van der Waals surface area contributed by atoms with E-state index in [1.807, 2.05) is 0 Å². The molecule has 0 aliphatic heterocycles. The molecule has 1 rings (SSSR count). The zero-order valence-electron chi connectivity index (χ0n) is 26.2. The lowest BCUT2D eigenvalue weighted by molar-refractivity contribution is -0.164. The van der Waals surface area contributed by atoms with Gasteiger partial charge in [-0.1, -0.05) is 70.7 Å². The normalized spacial score (nSPS) is 14.1. The Kier molecular flexibility index (Phi) is 12.6. The summed E-state index contributed by atoms with van der Waals surface area (Å²) in [7, 11) is -1.61. The van der Waals surface area contributed by atoms with E-state index in [-0.39, 0.29) is 13.2 Å². The number of primary amides is 1. The molecule has 0 saturated heterocycles. The van der Waals surface area contributed by atoms with Crippen molar-refractivity contribution in [2.24, 2.45) is 11.1 Å². The van der Waals surface area contributed by atoms with E-state index < -0.39 is 73.7 Å². The van der Waals surface area contributed by atoms with Crippen molar-refractivity contribution in [2.75, 3.05) is 13.2 Å². The van der Waals surface area contributed by atoms with Crippen molar-refractivity contribution >= 4 is 38.1 Å². The molecule has 4 N–H and O–H groups in total. The zero-order valence-corrected chi connectivity index (χ0v) is 27.2. The second-order valence-electron chi connectivity index (χ2n) is 13.4. The lowest BCUT2D eigenvalue weighted by Gasteiger charge is -2.48. The summed E-state index contributed by atoms with van der Waals surface area (Å²) in [5.41, 5.74) is 1.54. The summed E-state index contributed by atoms with van der Waals surface area (Å²) in [5, 5.41) is 12.9. The third-order valence-electron chi connectivity index (χ3n) is 6.35. The molecule has 0 aliphatic rings. The first-order chi connectivity index (χ1) is 19.1. The van der Waals surface area contributed by atoms with Gasteiger partial charge in [0, 0.05) is 8.07 Å². The first-order valence-corrected chi connectivity index (χ1v) is 17.5. The van der Waals surface area contributed by atoms with Crippen LogP contribution in [0.2, 0.25) is 25.7 Å². The van der Waals surface area contributed by atoms with E-state index in [9.17, 15) is 29.1 Å². The number of amides is 3. The summed E-state index contributed by atoms with van der Waals surface area (Å²) in [6.45, 7) is 14.8. The van der Waals surface area contributed by atoms with Crippen LogP contribution in [0.1, 0.15) is 53.5 Å². The van der Waals surface area contributed by atoms with Gasteiger partial charge in [-0.15, -0.1) is 0 Å². The molecule has 3 amide bonds. The summed E-state index contributed by atoms with van der Waals surface area (Å²) in [4.78, 5) is 65.8. The molecule has 1 aromatic rings. The van der Waals surface area contributed by atoms with Gasteiger partial charge in [0.1, 0.15) is 18.2 Å². The Hall–Kier alpha value is -3.61. The molecule has 42 heavy (non-hydrogen) atoms. The maximum atomic E-state index is 13.6. The number of nitrogens with zero attached hydrogens (tertiary/aromatic N) is 1. The molecule has 0 bridgehead atoms. The number of rotatable bonds is 13. The fraction of sp³-hybridized carbons (Fsp3) is 0.621. The molecule has 0 heterocycles. The number of ether oxygens (including phenoxy) is 3. The van der Waals surface area contributed by atoms with Gasteiger partial charge in [0.05, 0.1) is 19.6 Å². The number of benzene rings is 1. The van der Waals surface area contributed by atoms with E-state index in [2.05, 4.69) is 25.0 Å². The molecular weight excluding hydrogens is 562 g/mol. The SMILES string of the molecule is CC(C)(C)OC(=O)N(C[C@@H](NC(=O)OCc1ccccc1)C(=O)OCC[Si](C)(C)C)[C@@](CC(N)=O)(C(=O)O)C(C)(C)C. The van der Waals surface area contributed by atoms with Crippen LogP contribution in [0.25, 0.3) is 0 Å². The Morgan fingerprint density at radius 1 is 0.976 bits per heavy atom. The quantitative estimate of drug-likeness (QED) is 0.169. The number of carbonyl (C=O) groups excluding carboxylic acids is 4. The predicted octanol–water partition coefficient (Wildman–Crippen LogP) is 4.14. The monoisotopic (exact) mass is 609 g/mol. The van der Waals surface area contributed by atoms with E-state index in [1.54, 1.807) is 51.1 Å². The molecule has 0 fully saturated rings. The number of carbonyl (C=O) groups is 5. The van der Waals surface area contributed by atoms with Crippen molar-refractivity contribution in [3.05, 3.63) is 35.9 Å².